The number of nitrogens with zero attached hydrogens (tertiary/aromatic N) is 2. The number of aromatic nitrogens is 3. The van der Waals surface area contributed by atoms with Gasteiger partial charge >= 0.3 is 0 Å². The molecule has 2 heterocycles. The molecule has 114 valence electrons. The van der Waals surface area contributed by atoms with Crippen molar-refractivity contribution >= 4 is 22.8 Å². The zero-order chi connectivity index (χ0) is 15.5. The number of hydrogen-bond acceptors (Lipinski definition) is 3. The third-order valence-electron chi connectivity index (χ3n) is 3.39. The van der Waals surface area contributed by atoms with Gasteiger partial charge in [0.2, 0.25) is 5.95 Å². The third kappa shape index (κ3) is 2.81. The second-order valence-electron chi connectivity index (χ2n) is 5.28. The summed E-state index contributed by atoms with van der Waals surface area (Å²) < 4.78 is 7.83. The molecule has 0 saturated carbocycles. The summed E-state index contributed by atoms with van der Waals surface area (Å²) in [5, 5.41) is 3.63. The van der Waals surface area contributed by atoms with Crippen LogP contribution in [0.1, 0.15) is 19.9 Å². The van der Waals surface area contributed by atoms with Crippen LogP contribution >= 0.6 is 0 Å². The number of benzene rings is 1. The minimum absolute atomic E-state index is 0.0628. The highest BCUT2D eigenvalue weighted by molar-refractivity contribution is 5.91. The summed E-state index contributed by atoms with van der Waals surface area (Å²) in [6.45, 7) is 4.19. The lowest BCUT2D eigenvalue weighted by Crippen LogP contribution is -2.20. The van der Waals surface area contributed by atoms with Crippen LogP contribution in [-0.4, -0.2) is 27.0 Å². The summed E-state index contributed by atoms with van der Waals surface area (Å²) in [6, 6.07) is 8.23. The molecule has 0 saturated heterocycles. The second-order valence-corrected chi connectivity index (χ2v) is 5.28. The van der Waals surface area contributed by atoms with Crippen molar-refractivity contribution in [2.24, 2.45) is 0 Å². The van der Waals surface area contributed by atoms with Crippen LogP contribution in [0, 0.1) is 0 Å². The van der Waals surface area contributed by atoms with E-state index in [1.165, 1.54) is 0 Å². The van der Waals surface area contributed by atoms with Crippen molar-refractivity contribution in [3.63, 3.8) is 0 Å². The van der Waals surface area contributed by atoms with Crippen molar-refractivity contribution in [2.75, 3.05) is 11.9 Å². The normalized spacial score (nSPS) is 11.0. The molecule has 0 fully saturated rings. The number of imidazole rings is 1. The number of hydrogen-bond donors (Lipinski definition) is 2. The number of nitrogens with one attached hydrogen (secondary N) is 2. The average Bonchev–Trinajstić information content (AvgIpc) is 3.13. The predicted octanol–water partition coefficient (Wildman–Crippen LogP) is 2.96. The highest BCUT2D eigenvalue weighted by Gasteiger charge is 2.10. The van der Waals surface area contributed by atoms with E-state index in [1.54, 1.807) is 12.4 Å². The molecule has 6 nitrogen and oxygen atoms in total. The predicted molar refractivity (Wildman–Crippen MR) is 85.0 cm³/mol. The van der Waals surface area contributed by atoms with Crippen LogP contribution in [0.15, 0.2) is 42.9 Å². The van der Waals surface area contributed by atoms with Crippen LogP contribution in [0.25, 0.3) is 10.9 Å². The number of carbonyl (C=O) groups excluding carboxylic acids is 1. The van der Waals surface area contributed by atoms with Crippen LogP contribution in [0.2, 0.25) is 0 Å². The van der Waals surface area contributed by atoms with Crippen molar-refractivity contribution in [1.82, 2.24) is 14.5 Å². The van der Waals surface area contributed by atoms with Gasteiger partial charge in [-0.2, -0.15) is 0 Å². The van der Waals surface area contributed by atoms with Gasteiger partial charge in [-0.3, -0.25) is 10.1 Å². The van der Waals surface area contributed by atoms with Gasteiger partial charge in [0.15, 0.2) is 6.61 Å². The van der Waals surface area contributed by atoms with Crippen molar-refractivity contribution in [3.05, 3.63) is 42.9 Å². The summed E-state index contributed by atoms with van der Waals surface area (Å²) in [5.41, 5.74) is 1.10. The van der Waals surface area contributed by atoms with Gasteiger partial charge in [-0.05, 0) is 32.0 Å². The Morgan fingerprint density at radius 1 is 1.41 bits per heavy atom. The standard InChI is InChI=1S/C16H18N4O2/c1-11(2)20-9-6-12-13(20)4-3-5-14(12)22-10-15(21)19-16-17-7-8-18-16/h3-9,11H,10H2,1-2H3,(H2,17,18,19,21). The Morgan fingerprint density at radius 3 is 3.00 bits per heavy atom. The number of carbonyl (C=O) groups is 1. The van der Waals surface area contributed by atoms with E-state index in [2.05, 4.69) is 33.7 Å². The number of ether oxygens (including phenoxy) is 1. The van der Waals surface area contributed by atoms with Crippen molar-refractivity contribution in [2.45, 2.75) is 19.9 Å². The summed E-state index contributed by atoms with van der Waals surface area (Å²) in [6.07, 6.45) is 5.25. The number of fused-ring (bicyclic) bond motifs is 1. The average molecular weight is 298 g/mol. The molecule has 0 spiro atoms. The SMILES string of the molecule is CC(C)n1ccc2c(OCC(=O)Nc3ncc[nH]3)cccc21. The first kappa shape index (κ1) is 14.2. The maximum absolute atomic E-state index is 11.8. The minimum Gasteiger partial charge on any atom is -0.483 e. The van der Waals surface area contributed by atoms with E-state index in [0.29, 0.717) is 17.7 Å². The fourth-order valence-electron chi connectivity index (χ4n) is 2.38. The molecule has 0 atom stereocenters. The molecule has 22 heavy (non-hydrogen) atoms. The lowest BCUT2D eigenvalue weighted by atomic mass is 10.2. The first-order valence-corrected chi connectivity index (χ1v) is 7.17. The van der Waals surface area contributed by atoms with Gasteiger partial charge in [0.05, 0.1) is 5.52 Å². The largest absolute Gasteiger partial charge is 0.483 e. The quantitative estimate of drug-likeness (QED) is 0.760. The fraction of sp³-hybridized carbons (Fsp3) is 0.250. The first-order valence-electron chi connectivity index (χ1n) is 7.17. The van der Waals surface area contributed by atoms with E-state index in [0.717, 1.165) is 10.9 Å². The van der Waals surface area contributed by atoms with E-state index in [9.17, 15) is 4.79 Å². The number of H-pyrrole nitrogens is 1. The summed E-state index contributed by atoms with van der Waals surface area (Å²) >= 11 is 0. The highest BCUT2D eigenvalue weighted by atomic mass is 16.5. The Labute approximate surface area is 128 Å². The zero-order valence-electron chi connectivity index (χ0n) is 12.5. The van der Waals surface area contributed by atoms with Crippen LogP contribution in [-0.2, 0) is 4.79 Å². The van der Waals surface area contributed by atoms with Gasteiger partial charge in [-0.15, -0.1) is 0 Å². The molecule has 3 rings (SSSR count). The summed E-state index contributed by atoms with van der Waals surface area (Å²) in [7, 11) is 0. The Morgan fingerprint density at radius 2 is 2.27 bits per heavy atom. The molecular weight excluding hydrogens is 280 g/mol. The second kappa shape index (κ2) is 5.93. The maximum atomic E-state index is 11.8. The molecule has 1 amide bonds. The molecule has 3 aromatic rings. The van der Waals surface area contributed by atoms with Gasteiger partial charge in [-0.1, -0.05) is 6.07 Å². The number of amides is 1. The molecule has 2 N–H and O–H groups in total. The molecule has 0 radical (unpaired) electrons. The molecule has 0 aliphatic rings. The molecule has 1 aromatic carbocycles. The van der Waals surface area contributed by atoms with Crippen molar-refractivity contribution in [3.8, 4) is 5.75 Å². The number of anilines is 1. The van der Waals surface area contributed by atoms with Gasteiger partial charge in [0.1, 0.15) is 5.75 Å². The Bertz CT molecular complexity index is 775. The molecule has 0 aliphatic heterocycles. The Hall–Kier alpha value is -2.76. The third-order valence-corrected chi connectivity index (χ3v) is 3.39. The van der Waals surface area contributed by atoms with Crippen LogP contribution in [0.5, 0.6) is 5.75 Å². The molecule has 0 unspecified atom stereocenters. The van der Waals surface area contributed by atoms with Gasteiger partial charge in [-0.25, -0.2) is 4.98 Å². The van der Waals surface area contributed by atoms with Gasteiger partial charge in [0.25, 0.3) is 5.91 Å². The minimum atomic E-state index is -0.254. The molecule has 0 aliphatic carbocycles. The lowest BCUT2D eigenvalue weighted by molar-refractivity contribution is -0.118. The zero-order valence-corrected chi connectivity index (χ0v) is 12.5. The smallest absolute Gasteiger partial charge is 0.264 e. The lowest BCUT2D eigenvalue weighted by Gasteiger charge is -2.11. The number of rotatable bonds is 5. The Kier molecular flexibility index (Phi) is 3.82. The highest BCUT2D eigenvalue weighted by Crippen LogP contribution is 2.28. The monoisotopic (exact) mass is 298 g/mol. The first-order chi connectivity index (χ1) is 10.6. The van der Waals surface area contributed by atoms with Crippen LogP contribution in [0.4, 0.5) is 5.95 Å². The Balaban J connectivity index is 1.73. The van der Waals surface area contributed by atoms with E-state index >= 15 is 0 Å². The van der Waals surface area contributed by atoms with E-state index in [-0.39, 0.29) is 12.5 Å². The fourth-order valence-corrected chi connectivity index (χ4v) is 2.38. The van der Waals surface area contributed by atoms with E-state index < -0.39 is 0 Å². The summed E-state index contributed by atoms with van der Waals surface area (Å²) in [5.74, 6) is 0.861. The molecule has 0 bridgehead atoms. The topological polar surface area (TPSA) is 71.9 Å². The number of aromatic amines is 1. The molecule has 2 aromatic heterocycles. The van der Waals surface area contributed by atoms with Crippen molar-refractivity contribution in [1.29, 1.82) is 0 Å². The molecular formula is C16H18N4O2. The van der Waals surface area contributed by atoms with E-state index in [4.69, 9.17) is 4.74 Å². The van der Waals surface area contributed by atoms with Crippen molar-refractivity contribution < 1.29 is 9.53 Å². The van der Waals surface area contributed by atoms with E-state index in [1.807, 2.05) is 30.5 Å². The maximum Gasteiger partial charge on any atom is 0.264 e. The molecule has 6 heteroatoms. The van der Waals surface area contributed by atoms with Crippen LogP contribution < -0.4 is 10.1 Å². The summed E-state index contributed by atoms with van der Waals surface area (Å²) in [4.78, 5) is 18.6. The van der Waals surface area contributed by atoms with Crippen LogP contribution in [0.3, 0.4) is 0 Å². The van der Waals surface area contributed by atoms with Gasteiger partial charge in [0, 0.05) is 30.0 Å². The van der Waals surface area contributed by atoms with Gasteiger partial charge < -0.3 is 14.3 Å².